The molecule has 0 aromatic heterocycles. The van der Waals surface area contributed by atoms with Crippen molar-refractivity contribution in [2.24, 2.45) is 0 Å². The fraction of sp³-hybridized carbons (Fsp3) is 0.385. The zero-order valence-corrected chi connectivity index (χ0v) is 10.1. The minimum atomic E-state index is -0.827. The Kier molecular flexibility index (Phi) is 5.12. The van der Waals surface area contributed by atoms with Crippen molar-refractivity contribution in [1.29, 1.82) is 5.26 Å². The molecule has 96 valence electrons. The van der Waals surface area contributed by atoms with E-state index in [0.29, 0.717) is 18.5 Å². The molecule has 0 saturated carbocycles. The number of halogens is 1. The fourth-order valence-electron chi connectivity index (χ4n) is 1.60. The minimum Gasteiger partial charge on any atom is -0.481 e. The number of nitrogens with zero attached hydrogens (tertiary/aromatic N) is 1. The third kappa shape index (κ3) is 4.42. The van der Waals surface area contributed by atoms with Gasteiger partial charge in [-0.3, -0.25) is 4.79 Å². The number of benzene rings is 1. The van der Waals surface area contributed by atoms with E-state index < -0.39 is 11.8 Å². The molecule has 0 spiro atoms. The highest BCUT2D eigenvalue weighted by molar-refractivity contribution is 5.66. The van der Waals surface area contributed by atoms with Crippen molar-refractivity contribution < 1.29 is 14.3 Å². The number of nitriles is 1. The van der Waals surface area contributed by atoms with E-state index in [9.17, 15) is 9.18 Å². The lowest BCUT2D eigenvalue weighted by Crippen LogP contribution is -2.16. The van der Waals surface area contributed by atoms with Gasteiger partial charge < -0.3 is 10.4 Å². The van der Waals surface area contributed by atoms with Crippen molar-refractivity contribution in [2.45, 2.75) is 32.2 Å². The van der Waals surface area contributed by atoms with Crippen LogP contribution in [0.25, 0.3) is 0 Å². The van der Waals surface area contributed by atoms with Crippen molar-refractivity contribution in [3.8, 4) is 6.07 Å². The fourth-order valence-corrected chi connectivity index (χ4v) is 1.60. The molecule has 4 nitrogen and oxygen atoms in total. The van der Waals surface area contributed by atoms with Gasteiger partial charge in [-0.2, -0.15) is 5.26 Å². The van der Waals surface area contributed by atoms with Crippen molar-refractivity contribution >= 4 is 11.7 Å². The van der Waals surface area contributed by atoms with Gasteiger partial charge >= 0.3 is 5.97 Å². The summed E-state index contributed by atoms with van der Waals surface area (Å²) in [6.07, 6.45) is 1.30. The van der Waals surface area contributed by atoms with Crippen LogP contribution in [0.2, 0.25) is 0 Å². The second-order valence-corrected chi connectivity index (χ2v) is 4.14. The minimum absolute atomic E-state index is 0.0215. The Hall–Kier alpha value is -2.09. The molecule has 0 radical (unpaired) electrons. The lowest BCUT2D eigenvalue weighted by Gasteiger charge is -2.15. The molecule has 1 aromatic carbocycles. The van der Waals surface area contributed by atoms with Gasteiger partial charge in [0.05, 0.1) is 17.3 Å². The summed E-state index contributed by atoms with van der Waals surface area (Å²) in [4.78, 5) is 10.4. The SMILES string of the molecule is CC(CCCC(=O)O)Nc1ccc(C#N)cc1F. The Morgan fingerprint density at radius 3 is 2.89 bits per heavy atom. The van der Waals surface area contributed by atoms with Crippen LogP contribution >= 0.6 is 0 Å². The van der Waals surface area contributed by atoms with Gasteiger partial charge in [0.1, 0.15) is 5.82 Å². The van der Waals surface area contributed by atoms with E-state index in [0.717, 1.165) is 0 Å². The Balaban J connectivity index is 2.52. The first-order chi connectivity index (χ1) is 8.52. The maximum atomic E-state index is 13.5. The molecule has 5 heteroatoms. The average Bonchev–Trinajstić information content (AvgIpc) is 2.31. The van der Waals surface area contributed by atoms with Crippen molar-refractivity contribution in [2.75, 3.05) is 5.32 Å². The van der Waals surface area contributed by atoms with E-state index in [1.165, 1.54) is 18.2 Å². The Labute approximate surface area is 105 Å². The van der Waals surface area contributed by atoms with Crippen LogP contribution in [-0.4, -0.2) is 17.1 Å². The van der Waals surface area contributed by atoms with Gasteiger partial charge in [-0.15, -0.1) is 0 Å². The summed E-state index contributed by atoms with van der Waals surface area (Å²) in [5.41, 5.74) is 0.605. The second-order valence-electron chi connectivity index (χ2n) is 4.14. The molecular weight excluding hydrogens is 235 g/mol. The number of carboxylic acid groups (broad SMARTS) is 1. The van der Waals surface area contributed by atoms with Crippen LogP contribution in [0.1, 0.15) is 31.7 Å². The normalized spacial score (nSPS) is 11.6. The smallest absolute Gasteiger partial charge is 0.303 e. The Morgan fingerprint density at radius 2 is 2.33 bits per heavy atom. The predicted octanol–water partition coefficient (Wildman–Crippen LogP) is 2.75. The van der Waals surface area contributed by atoms with Crippen LogP contribution in [0.4, 0.5) is 10.1 Å². The van der Waals surface area contributed by atoms with Crippen molar-refractivity contribution in [3.63, 3.8) is 0 Å². The number of aliphatic carboxylic acids is 1. The topological polar surface area (TPSA) is 73.1 Å². The summed E-state index contributed by atoms with van der Waals surface area (Å²) in [6, 6.07) is 6.07. The molecule has 1 atom stereocenters. The Bertz CT molecular complexity index is 469. The van der Waals surface area contributed by atoms with Crippen molar-refractivity contribution in [3.05, 3.63) is 29.6 Å². The third-order valence-electron chi connectivity index (χ3n) is 2.53. The van der Waals surface area contributed by atoms with Crippen LogP contribution in [0.3, 0.4) is 0 Å². The third-order valence-corrected chi connectivity index (χ3v) is 2.53. The van der Waals surface area contributed by atoms with Gasteiger partial charge in [0.25, 0.3) is 0 Å². The molecule has 1 rings (SSSR count). The maximum absolute atomic E-state index is 13.5. The molecular formula is C13H15FN2O2. The number of nitrogens with one attached hydrogen (secondary N) is 1. The first kappa shape index (κ1) is 14.0. The van der Waals surface area contributed by atoms with E-state index in [1.807, 2.05) is 13.0 Å². The van der Waals surface area contributed by atoms with E-state index in [1.54, 1.807) is 0 Å². The summed E-state index contributed by atoms with van der Waals surface area (Å²) in [6.45, 7) is 1.86. The first-order valence-electron chi connectivity index (χ1n) is 5.71. The summed E-state index contributed by atoms with van der Waals surface area (Å²) < 4.78 is 13.5. The molecule has 0 aliphatic rings. The number of rotatable bonds is 6. The van der Waals surface area contributed by atoms with Gasteiger partial charge in [-0.25, -0.2) is 4.39 Å². The lowest BCUT2D eigenvalue weighted by molar-refractivity contribution is -0.137. The van der Waals surface area contributed by atoms with Crippen LogP contribution in [-0.2, 0) is 4.79 Å². The molecule has 18 heavy (non-hydrogen) atoms. The first-order valence-corrected chi connectivity index (χ1v) is 5.71. The number of carboxylic acids is 1. The van der Waals surface area contributed by atoms with Gasteiger partial charge in [-0.05, 0) is 38.0 Å². The van der Waals surface area contributed by atoms with Crippen LogP contribution in [0.15, 0.2) is 18.2 Å². The number of anilines is 1. The number of hydrogen-bond donors (Lipinski definition) is 2. The maximum Gasteiger partial charge on any atom is 0.303 e. The molecule has 0 aliphatic carbocycles. The molecule has 1 unspecified atom stereocenters. The number of hydrogen-bond acceptors (Lipinski definition) is 3. The second kappa shape index (κ2) is 6.60. The highest BCUT2D eigenvalue weighted by atomic mass is 19.1. The van der Waals surface area contributed by atoms with E-state index in [-0.39, 0.29) is 18.0 Å². The summed E-state index contributed by atoms with van der Waals surface area (Å²) in [5.74, 6) is -1.30. The van der Waals surface area contributed by atoms with Crippen LogP contribution in [0, 0.1) is 17.1 Å². The monoisotopic (exact) mass is 250 g/mol. The molecule has 0 saturated heterocycles. The lowest BCUT2D eigenvalue weighted by atomic mass is 10.1. The van der Waals surface area contributed by atoms with E-state index in [2.05, 4.69) is 5.32 Å². The molecule has 0 bridgehead atoms. The van der Waals surface area contributed by atoms with Gasteiger partial charge in [0.2, 0.25) is 0 Å². The molecule has 0 heterocycles. The highest BCUT2D eigenvalue weighted by Gasteiger charge is 2.08. The molecule has 1 aromatic rings. The average molecular weight is 250 g/mol. The van der Waals surface area contributed by atoms with E-state index >= 15 is 0 Å². The quantitative estimate of drug-likeness (QED) is 0.814. The Morgan fingerprint density at radius 1 is 1.61 bits per heavy atom. The number of carbonyl (C=O) groups is 1. The zero-order chi connectivity index (χ0) is 13.5. The summed E-state index contributed by atoms with van der Waals surface area (Å²) in [5, 5.41) is 20.1. The van der Waals surface area contributed by atoms with Crippen LogP contribution in [0.5, 0.6) is 0 Å². The van der Waals surface area contributed by atoms with Crippen LogP contribution < -0.4 is 5.32 Å². The van der Waals surface area contributed by atoms with Gasteiger partial charge in [0, 0.05) is 12.5 Å². The van der Waals surface area contributed by atoms with Gasteiger partial charge in [0.15, 0.2) is 0 Å². The molecule has 0 amide bonds. The largest absolute Gasteiger partial charge is 0.481 e. The summed E-state index contributed by atoms with van der Waals surface area (Å²) >= 11 is 0. The van der Waals surface area contributed by atoms with Crippen molar-refractivity contribution in [1.82, 2.24) is 0 Å². The predicted molar refractivity (Wildman–Crippen MR) is 65.7 cm³/mol. The molecule has 0 aliphatic heterocycles. The molecule has 2 N–H and O–H groups in total. The van der Waals surface area contributed by atoms with Gasteiger partial charge in [-0.1, -0.05) is 0 Å². The zero-order valence-electron chi connectivity index (χ0n) is 10.1. The highest BCUT2D eigenvalue weighted by Crippen LogP contribution is 2.17. The van der Waals surface area contributed by atoms with E-state index in [4.69, 9.17) is 10.4 Å². The molecule has 0 fully saturated rings. The summed E-state index contributed by atoms with van der Waals surface area (Å²) in [7, 11) is 0. The standard InChI is InChI=1S/C13H15FN2O2/c1-9(3-2-4-13(17)18)16-12-6-5-10(8-15)7-11(12)14/h5-7,9,16H,2-4H2,1H3,(H,17,18).